The van der Waals surface area contributed by atoms with Crippen molar-refractivity contribution in [2.75, 3.05) is 6.54 Å². The summed E-state index contributed by atoms with van der Waals surface area (Å²) in [5.74, 6) is 0.584. The van der Waals surface area contributed by atoms with Gasteiger partial charge in [-0.15, -0.1) is 11.3 Å². The zero-order chi connectivity index (χ0) is 12.3. The molecule has 0 aliphatic rings. The fourth-order valence-electron chi connectivity index (χ4n) is 2.07. The van der Waals surface area contributed by atoms with Crippen molar-refractivity contribution in [2.24, 2.45) is 5.92 Å². The third-order valence-corrected chi connectivity index (χ3v) is 3.82. The van der Waals surface area contributed by atoms with Crippen LogP contribution in [0, 0.1) is 5.92 Å². The number of aromatic nitrogens is 1. The molecule has 2 rings (SSSR count). The highest BCUT2D eigenvalue weighted by atomic mass is 32.1. The molecular weight excluding hydrogens is 228 g/mol. The van der Waals surface area contributed by atoms with E-state index in [1.807, 2.05) is 6.20 Å². The molecule has 0 aliphatic heterocycles. The first-order valence-electron chi connectivity index (χ1n) is 6.29. The van der Waals surface area contributed by atoms with Crippen molar-refractivity contribution >= 4 is 21.6 Å². The predicted molar refractivity (Wildman–Crippen MR) is 75.5 cm³/mol. The van der Waals surface area contributed by atoms with Gasteiger partial charge in [0.1, 0.15) is 0 Å². The van der Waals surface area contributed by atoms with E-state index in [4.69, 9.17) is 0 Å². The number of fused-ring (bicyclic) bond motifs is 1. The lowest BCUT2D eigenvalue weighted by Gasteiger charge is -2.22. The second kappa shape index (κ2) is 5.61. The zero-order valence-corrected chi connectivity index (χ0v) is 11.6. The van der Waals surface area contributed by atoms with Gasteiger partial charge in [-0.3, -0.25) is 4.98 Å². The Morgan fingerprint density at radius 2 is 2.24 bits per heavy atom. The van der Waals surface area contributed by atoms with Crippen molar-refractivity contribution in [3.05, 3.63) is 29.3 Å². The SMILES string of the molecule is CCCNC(c1cnc2ccsc2c1)C(C)C. The summed E-state index contributed by atoms with van der Waals surface area (Å²) < 4.78 is 1.28. The molecular formula is C14H20N2S. The summed E-state index contributed by atoms with van der Waals surface area (Å²) in [5.41, 5.74) is 2.42. The van der Waals surface area contributed by atoms with E-state index in [1.165, 1.54) is 10.3 Å². The summed E-state index contributed by atoms with van der Waals surface area (Å²) >= 11 is 1.76. The highest BCUT2D eigenvalue weighted by molar-refractivity contribution is 7.17. The van der Waals surface area contributed by atoms with Gasteiger partial charge in [-0.05, 0) is 42.0 Å². The van der Waals surface area contributed by atoms with Crippen molar-refractivity contribution in [2.45, 2.75) is 33.2 Å². The standard InChI is InChI=1S/C14H20N2S/c1-4-6-15-14(10(2)3)11-8-13-12(16-9-11)5-7-17-13/h5,7-10,14-15H,4,6H2,1-3H3. The first-order chi connectivity index (χ1) is 8.22. The van der Waals surface area contributed by atoms with Crippen LogP contribution in [-0.4, -0.2) is 11.5 Å². The van der Waals surface area contributed by atoms with Crippen molar-refractivity contribution in [3.8, 4) is 0 Å². The van der Waals surface area contributed by atoms with E-state index in [0.717, 1.165) is 18.5 Å². The van der Waals surface area contributed by atoms with Crippen LogP contribution in [0.3, 0.4) is 0 Å². The molecule has 0 saturated carbocycles. The van der Waals surface area contributed by atoms with Gasteiger partial charge in [-0.25, -0.2) is 0 Å². The van der Waals surface area contributed by atoms with Crippen LogP contribution in [0.15, 0.2) is 23.7 Å². The van der Waals surface area contributed by atoms with Crippen LogP contribution in [-0.2, 0) is 0 Å². The van der Waals surface area contributed by atoms with Gasteiger partial charge in [-0.1, -0.05) is 20.8 Å². The molecule has 2 heterocycles. The average Bonchev–Trinajstić information content (AvgIpc) is 2.76. The van der Waals surface area contributed by atoms with Crippen molar-refractivity contribution < 1.29 is 0 Å². The lowest BCUT2D eigenvalue weighted by Crippen LogP contribution is -2.26. The van der Waals surface area contributed by atoms with Gasteiger partial charge < -0.3 is 5.32 Å². The molecule has 0 saturated heterocycles. The maximum atomic E-state index is 4.52. The Hall–Kier alpha value is -0.930. The Labute approximate surface area is 107 Å². The number of hydrogen-bond acceptors (Lipinski definition) is 3. The van der Waals surface area contributed by atoms with Gasteiger partial charge in [0.15, 0.2) is 0 Å². The zero-order valence-electron chi connectivity index (χ0n) is 10.7. The second-order valence-electron chi connectivity index (χ2n) is 4.75. The van der Waals surface area contributed by atoms with Crippen molar-refractivity contribution in [3.63, 3.8) is 0 Å². The third-order valence-electron chi connectivity index (χ3n) is 2.96. The molecule has 3 heteroatoms. The minimum absolute atomic E-state index is 0.411. The quantitative estimate of drug-likeness (QED) is 0.865. The maximum absolute atomic E-state index is 4.52. The number of thiophene rings is 1. The van der Waals surface area contributed by atoms with Crippen molar-refractivity contribution in [1.82, 2.24) is 10.3 Å². The first-order valence-corrected chi connectivity index (χ1v) is 7.17. The normalized spacial score (nSPS) is 13.4. The maximum Gasteiger partial charge on any atom is 0.0809 e. The molecule has 0 aromatic carbocycles. The van der Waals surface area contributed by atoms with Gasteiger partial charge in [0.25, 0.3) is 0 Å². The van der Waals surface area contributed by atoms with Crippen LogP contribution >= 0.6 is 11.3 Å². The number of nitrogens with one attached hydrogen (secondary N) is 1. The van der Waals surface area contributed by atoms with Gasteiger partial charge >= 0.3 is 0 Å². The van der Waals surface area contributed by atoms with E-state index in [1.54, 1.807) is 11.3 Å². The van der Waals surface area contributed by atoms with Crippen LogP contribution in [0.1, 0.15) is 38.8 Å². The first kappa shape index (κ1) is 12.5. The number of pyridine rings is 1. The summed E-state index contributed by atoms with van der Waals surface area (Å²) in [6.07, 6.45) is 3.18. The molecule has 0 fully saturated rings. The van der Waals surface area contributed by atoms with E-state index in [2.05, 4.69) is 48.6 Å². The molecule has 1 unspecified atom stereocenters. The molecule has 2 aromatic rings. The van der Waals surface area contributed by atoms with E-state index < -0.39 is 0 Å². The molecule has 2 aromatic heterocycles. The van der Waals surface area contributed by atoms with Gasteiger partial charge in [0.05, 0.1) is 10.2 Å². The molecule has 0 bridgehead atoms. The average molecular weight is 248 g/mol. The van der Waals surface area contributed by atoms with Gasteiger partial charge in [0.2, 0.25) is 0 Å². The predicted octanol–water partition coefficient (Wildman–Crippen LogP) is 3.99. The minimum Gasteiger partial charge on any atom is -0.310 e. The number of rotatable bonds is 5. The highest BCUT2D eigenvalue weighted by Gasteiger charge is 2.15. The Balaban J connectivity index is 2.27. The molecule has 92 valence electrons. The molecule has 2 nitrogen and oxygen atoms in total. The summed E-state index contributed by atoms with van der Waals surface area (Å²) in [6.45, 7) is 7.77. The second-order valence-corrected chi connectivity index (χ2v) is 5.70. The molecule has 1 N–H and O–H groups in total. The lowest BCUT2D eigenvalue weighted by molar-refractivity contribution is 0.412. The van der Waals surface area contributed by atoms with Crippen LogP contribution in [0.2, 0.25) is 0 Å². The molecule has 0 aliphatic carbocycles. The van der Waals surface area contributed by atoms with Crippen molar-refractivity contribution in [1.29, 1.82) is 0 Å². The van der Waals surface area contributed by atoms with Crippen LogP contribution in [0.5, 0.6) is 0 Å². The highest BCUT2D eigenvalue weighted by Crippen LogP contribution is 2.26. The molecule has 0 radical (unpaired) electrons. The smallest absolute Gasteiger partial charge is 0.0809 e. The summed E-state index contributed by atoms with van der Waals surface area (Å²) in [5, 5.41) is 5.71. The monoisotopic (exact) mass is 248 g/mol. The largest absolute Gasteiger partial charge is 0.310 e. The lowest BCUT2D eigenvalue weighted by atomic mass is 9.97. The third kappa shape index (κ3) is 2.85. The van der Waals surface area contributed by atoms with Gasteiger partial charge in [0, 0.05) is 12.2 Å². The van der Waals surface area contributed by atoms with E-state index >= 15 is 0 Å². The summed E-state index contributed by atoms with van der Waals surface area (Å²) in [6, 6.07) is 4.77. The Morgan fingerprint density at radius 3 is 2.94 bits per heavy atom. The Kier molecular flexibility index (Phi) is 4.13. The minimum atomic E-state index is 0.411. The molecule has 0 spiro atoms. The topological polar surface area (TPSA) is 24.9 Å². The van der Waals surface area contributed by atoms with E-state index in [0.29, 0.717) is 12.0 Å². The molecule has 1 atom stereocenters. The Morgan fingerprint density at radius 1 is 1.41 bits per heavy atom. The van der Waals surface area contributed by atoms with Gasteiger partial charge in [-0.2, -0.15) is 0 Å². The fraction of sp³-hybridized carbons (Fsp3) is 0.500. The number of hydrogen-bond donors (Lipinski definition) is 1. The summed E-state index contributed by atoms with van der Waals surface area (Å²) in [7, 11) is 0. The molecule has 17 heavy (non-hydrogen) atoms. The van der Waals surface area contributed by atoms with E-state index in [-0.39, 0.29) is 0 Å². The summed E-state index contributed by atoms with van der Waals surface area (Å²) in [4.78, 5) is 4.52. The fourth-order valence-corrected chi connectivity index (χ4v) is 2.86. The number of nitrogens with zero attached hydrogens (tertiary/aromatic N) is 1. The van der Waals surface area contributed by atoms with Crippen LogP contribution < -0.4 is 5.32 Å². The van der Waals surface area contributed by atoms with Crippen LogP contribution in [0.25, 0.3) is 10.2 Å². The van der Waals surface area contributed by atoms with E-state index in [9.17, 15) is 0 Å². The van der Waals surface area contributed by atoms with Crippen LogP contribution in [0.4, 0.5) is 0 Å². The Bertz CT molecular complexity index is 476. The molecule has 0 amide bonds.